The van der Waals surface area contributed by atoms with Gasteiger partial charge in [0, 0.05) is 19.3 Å². The lowest BCUT2D eigenvalue weighted by molar-refractivity contribution is 0.0624. The molecule has 1 N–H and O–H groups in total. The molecule has 2 saturated heterocycles. The zero-order valence-electron chi connectivity index (χ0n) is 16.2. The minimum absolute atomic E-state index is 0.151. The first-order valence-corrected chi connectivity index (χ1v) is 10.0. The van der Waals surface area contributed by atoms with E-state index >= 15 is 0 Å². The molecule has 2 atom stereocenters. The summed E-state index contributed by atoms with van der Waals surface area (Å²) in [4.78, 5) is 15.4. The van der Waals surface area contributed by atoms with Crippen molar-refractivity contribution in [3.8, 4) is 0 Å². The number of hydrogen-bond acceptors (Lipinski definition) is 3. The first kappa shape index (κ1) is 17.5. The molecule has 2 aliphatic rings. The molecule has 0 aromatic carbocycles. The summed E-state index contributed by atoms with van der Waals surface area (Å²) in [6, 6.07) is 4.38. The summed E-state index contributed by atoms with van der Waals surface area (Å²) in [6.07, 6.45) is 5.55. The lowest BCUT2D eigenvalue weighted by Crippen LogP contribution is -2.42. The van der Waals surface area contributed by atoms with Gasteiger partial charge in [0.05, 0.1) is 16.8 Å². The van der Waals surface area contributed by atoms with Gasteiger partial charge in [-0.25, -0.2) is 4.52 Å². The van der Waals surface area contributed by atoms with Crippen molar-refractivity contribution in [1.82, 2.24) is 19.8 Å². The lowest BCUT2D eigenvalue weighted by atomic mass is 9.90. The average molecular weight is 354 g/mol. The van der Waals surface area contributed by atoms with Crippen LogP contribution >= 0.6 is 0 Å². The van der Waals surface area contributed by atoms with Gasteiger partial charge >= 0.3 is 0 Å². The molecule has 0 bridgehead atoms. The minimum Gasteiger partial charge on any atom is -0.338 e. The van der Waals surface area contributed by atoms with E-state index in [1.54, 1.807) is 0 Å². The average Bonchev–Trinajstić information content (AvgIpc) is 2.96. The van der Waals surface area contributed by atoms with E-state index in [-0.39, 0.29) is 5.91 Å². The van der Waals surface area contributed by atoms with Crippen LogP contribution in [0.2, 0.25) is 0 Å². The highest BCUT2D eigenvalue weighted by Gasteiger charge is 2.29. The Hall–Kier alpha value is -1.88. The zero-order valence-corrected chi connectivity index (χ0v) is 16.2. The number of rotatable bonds is 2. The molecule has 1 amide bonds. The molecule has 5 nitrogen and oxygen atoms in total. The summed E-state index contributed by atoms with van der Waals surface area (Å²) >= 11 is 0. The molecule has 140 valence electrons. The van der Waals surface area contributed by atoms with E-state index in [1.165, 1.54) is 12.0 Å². The second kappa shape index (κ2) is 7.03. The lowest BCUT2D eigenvalue weighted by Gasteiger charge is -2.35. The van der Waals surface area contributed by atoms with E-state index in [0.717, 1.165) is 55.8 Å². The molecule has 26 heavy (non-hydrogen) atoms. The fourth-order valence-electron chi connectivity index (χ4n) is 4.84. The molecule has 0 spiro atoms. The van der Waals surface area contributed by atoms with E-state index in [0.29, 0.717) is 17.8 Å². The third-order valence-corrected chi connectivity index (χ3v) is 6.01. The van der Waals surface area contributed by atoms with Crippen LogP contribution in [0.1, 0.15) is 60.6 Å². The molecule has 4 heterocycles. The van der Waals surface area contributed by atoms with Crippen molar-refractivity contribution in [3.05, 3.63) is 35.2 Å². The number of amides is 1. The van der Waals surface area contributed by atoms with Gasteiger partial charge in [-0.2, -0.15) is 5.10 Å². The van der Waals surface area contributed by atoms with Crippen LogP contribution in [0.3, 0.4) is 0 Å². The van der Waals surface area contributed by atoms with E-state index in [9.17, 15) is 4.79 Å². The van der Waals surface area contributed by atoms with E-state index in [2.05, 4.69) is 36.4 Å². The maximum atomic E-state index is 13.3. The highest BCUT2D eigenvalue weighted by Crippen LogP contribution is 2.29. The van der Waals surface area contributed by atoms with Crippen molar-refractivity contribution < 1.29 is 4.79 Å². The number of piperidine rings is 2. The van der Waals surface area contributed by atoms with Crippen molar-refractivity contribution in [1.29, 1.82) is 0 Å². The van der Waals surface area contributed by atoms with Crippen molar-refractivity contribution in [2.45, 2.75) is 46.0 Å². The van der Waals surface area contributed by atoms with Crippen LogP contribution in [0.5, 0.6) is 0 Å². The molecule has 2 aromatic heterocycles. The minimum atomic E-state index is 0.151. The molecule has 2 fully saturated rings. The number of carbonyl (C=O) groups is 1. The predicted octanol–water partition coefficient (Wildman–Crippen LogP) is 3.23. The number of hydrogen-bond donors (Lipinski definition) is 1. The normalized spacial score (nSPS) is 25.0. The number of carbonyl (C=O) groups excluding carboxylic acids is 1. The SMILES string of the molecule is Cc1nn2ccc(C3CCNCC3)cc2c1C(=O)N1CC(C)CC(C)C1. The number of aryl methyl sites for hydroxylation is 1. The van der Waals surface area contributed by atoms with Gasteiger partial charge in [0.25, 0.3) is 5.91 Å². The van der Waals surface area contributed by atoms with Crippen LogP contribution in [-0.2, 0) is 0 Å². The van der Waals surface area contributed by atoms with Gasteiger partial charge in [0.15, 0.2) is 0 Å². The number of nitrogens with one attached hydrogen (secondary N) is 1. The molecule has 2 unspecified atom stereocenters. The van der Waals surface area contributed by atoms with Gasteiger partial charge in [-0.3, -0.25) is 4.79 Å². The van der Waals surface area contributed by atoms with Gasteiger partial charge in [-0.15, -0.1) is 0 Å². The number of nitrogens with zero attached hydrogens (tertiary/aromatic N) is 3. The zero-order chi connectivity index (χ0) is 18.3. The first-order valence-electron chi connectivity index (χ1n) is 10.0. The monoisotopic (exact) mass is 354 g/mol. The van der Waals surface area contributed by atoms with Crippen LogP contribution in [0.25, 0.3) is 5.52 Å². The predicted molar refractivity (Wildman–Crippen MR) is 104 cm³/mol. The van der Waals surface area contributed by atoms with Gasteiger partial charge in [0.1, 0.15) is 0 Å². The third-order valence-electron chi connectivity index (χ3n) is 6.01. The molecule has 0 aliphatic carbocycles. The topological polar surface area (TPSA) is 49.6 Å². The molecule has 2 aliphatic heterocycles. The van der Waals surface area contributed by atoms with Crippen LogP contribution in [0.4, 0.5) is 0 Å². The largest absolute Gasteiger partial charge is 0.338 e. The number of fused-ring (bicyclic) bond motifs is 1. The van der Waals surface area contributed by atoms with Gasteiger partial charge in [0.2, 0.25) is 0 Å². The highest BCUT2D eigenvalue weighted by atomic mass is 16.2. The molecule has 2 aromatic rings. The Balaban J connectivity index is 1.69. The third kappa shape index (κ3) is 3.25. The number of pyridine rings is 1. The van der Waals surface area contributed by atoms with Crippen LogP contribution < -0.4 is 5.32 Å². The molecule has 5 heteroatoms. The molecular formula is C21H30N4O. The Bertz CT molecular complexity index is 796. The second-order valence-corrected chi connectivity index (χ2v) is 8.43. The molecule has 4 rings (SSSR count). The maximum Gasteiger partial charge on any atom is 0.257 e. The smallest absolute Gasteiger partial charge is 0.257 e. The molecular weight excluding hydrogens is 324 g/mol. The highest BCUT2D eigenvalue weighted by molar-refractivity contribution is 6.02. The van der Waals surface area contributed by atoms with Crippen LogP contribution in [-0.4, -0.2) is 46.6 Å². The number of aromatic nitrogens is 2. The summed E-state index contributed by atoms with van der Waals surface area (Å²) in [7, 11) is 0. The Morgan fingerprint density at radius 3 is 2.58 bits per heavy atom. The van der Waals surface area contributed by atoms with E-state index < -0.39 is 0 Å². The summed E-state index contributed by atoms with van der Waals surface area (Å²) in [5, 5.41) is 8.04. The second-order valence-electron chi connectivity index (χ2n) is 8.43. The van der Waals surface area contributed by atoms with Crippen LogP contribution in [0, 0.1) is 18.8 Å². The standard InChI is InChI=1S/C21H30N4O/c1-14-10-15(2)13-24(12-14)21(26)20-16(3)23-25-9-6-18(11-19(20)25)17-4-7-22-8-5-17/h6,9,11,14-15,17,22H,4-5,7-8,10,12-13H2,1-3H3. The molecule has 0 radical (unpaired) electrons. The quantitative estimate of drug-likeness (QED) is 0.901. The van der Waals surface area contributed by atoms with Crippen LogP contribution in [0.15, 0.2) is 18.3 Å². The fourth-order valence-corrected chi connectivity index (χ4v) is 4.84. The number of likely N-dealkylation sites (tertiary alicyclic amines) is 1. The fraction of sp³-hybridized carbons (Fsp3) is 0.619. The summed E-state index contributed by atoms with van der Waals surface area (Å²) in [6.45, 7) is 10.3. The van der Waals surface area contributed by atoms with E-state index in [4.69, 9.17) is 0 Å². The van der Waals surface area contributed by atoms with E-state index in [1.807, 2.05) is 22.5 Å². The summed E-state index contributed by atoms with van der Waals surface area (Å²) < 4.78 is 1.88. The Morgan fingerprint density at radius 1 is 1.19 bits per heavy atom. The summed E-state index contributed by atoms with van der Waals surface area (Å²) in [5.74, 6) is 1.86. The summed E-state index contributed by atoms with van der Waals surface area (Å²) in [5.41, 5.74) is 3.94. The Morgan fingerprint density at radius 2 is 1.88 bits per heavy atom. The Labute approximate surface area is 155 Å². The van der Waals surface area contributed by atoms with Gasteiger partial charge in [-0.1, -0.05) is 13.8 Å². The molecule has 0 saturated carbocycles. The first-order chi connectivity index (χ1) is 12.5. The van der Waals surface area contributed by atoms with Crippen molar-refractivity contribution in [2.75, 3.05) is 26.2 Å². The van der Waals surface area contributed by atoms with Crippen molar-refractivity contribution >= 4 is 11.4 Å². The van der Waals surface area contributed by atoms with Gasteiger partial charge in [-0.05, 0) is 74.7 Å². The van der Waals surface area contributed by atoms with Crippen molar-refractivity contribution in [3.63, 3.8) is 0 Å². The van der Waals surface area contributed by atoms with Gasteiger partial charge < -0.3 is 10.2 Å². The van der Waals surface area contributed by atoms with Crippen molar-refractivity contribution in [2.24, 2.45) is 11.8 Å². The maximum absolute atomic E-state index is 13.3. The Kier molecular flexibility index (Phi) is 4.74.